The van der Waals surface area contributed by atoms with Gasteiger partial charge in [0.15, 0.2) is 0 Å². The number of benzene rings is 4. The van der Waals surface area contributed by atoms with Crippen molar-refractivity contribution in [2.75, 3.05) is 16.8 Å². The number of carbonyl (C=O) groups is 3. The maximum Gasteiger partial charge on any atom is 0.275 e. The number of nitrogens with zero attached hydrogens (tertiary/aromatic N) is 1. The summed E-state index contributed by atoms with van der Waals surface area (Å²) >= 11 is 0.895. The highest BCUT2D eigenvalue weighted by Gasteiger charge is 2.27. The van der Waals surface area contributed by atoms with Gasteiger partial charge in [-0.1, -0.05) is 106 Å². The van der Waals surface area contributed by atoms with Gasteiger partial charge in [-0.05, 0) is 39.8 Å². The molecule has 1 aromatic heterocycles. The van der Waals surface area contributed by atoms with Gasteiger partial charge in [-0.2, -0.15) is 0 Å². The summed E-state index contributed by atoms with van der Waals surface area (Å²) in [5, 5.41) is 4.03. The largest absolute Gasteiger partial charge is 0.398 e. The van der Waals surface area contributed by atoms with Crippen molar-refractivity contribution in [1.29, 1.82) is 0 Å². The average Bonchev–Trinajstić information content (AvgIpc) is 3.53. The van der Waals surface area contributed by atoms with Crippen LogP contribution in [0.4, 0.5) is 11.4 Å². The van der Waals surface area contributed by atoms with Crippen LogP contribution in [0.25, 0.3) is 22.3 Å². The molecule has 12 heteroatoms. The molecular formula is C35H35N5O5S2. The van der Waals surface area contributed by atoms with E-state index in [1.165, 1.54) is 5.38 Å². The number of primary amides is 2. The zero-order valence-corrected chi connectivity index (χ0v) is 27.7. The number of thiazole rings is 1. The van der Waals surface area contributed by atoms with Gasteiger partial charge in [-0.3, -0.25) is 14.4 Å². The molecule has 3 amide bonds. The number of sulfone groups is 1. The first-order valence-corrected chi connectivity index (χ1v) is 16.9. The van der Waals surface area contributed by atoms with E-state index in [4.69, 9.17) is 17.2 Å². The molecule has 0 unspecified atom stereocenters. The van der Waals surface area contributed by atoms with Gasteiger partial charge in [0.1, 0.15) is 5.69 Å². The molecule has 0 spiro atoms. The molecule has 5 rings (SSSR count). The lowest BCUT2D eigenvalue weighted by Crippen LogP contribution is -2.21. The molecule has 0 radical (unpaired) electrons. The van der Waals surface area contributed by atoms with Crippen LogP contribution in [0.5, 0.6) is 0 Å². The molecule has 0 aliphatic heterocycles. The van der Waals surface area contributed by atoms with E-state index >= 15 is 0 Å². The lowest BCUT2D eigenvalue weighted by Gasteiger charge is -2.16. The Labute approximate surface area is 277 Å². The molecule has 7 N–H and O–H groups in total. The van der Waals surface area contributed by atoms with Crippen LogP contribution in [0.3, 0.4) is 0 Å². The van der Waals surface area contributed by atoms with Crippen LogP contribution < -0.4 is 22.5 Å². The summed E-state index contributed by atoms with van der Waals surface area (Å²) in [4.78, 5) is 40.3. The Morgan fingerprint density at radius 1 is 0.745 bits per heavy atom. The summed E-state index contributed by atoms with van der Waals surface area (Å²) in [6, 6.07) is 29.1. The second-order valence-electron chi connectivity index (χ2n) is 11.7. The van der Waals surface area contributed by atoms with Crippen molar-refractivity contribution in [1.82, 2.24) is 4.98 Å². The second kappa shape index (κ2) is 14.4. The zero-order valence-electron chi connectivity index (χ0n) is 26.1. The summed E-state index contributed by atoms with van der Waals surface area (Å²) in [6.07, 6.45) is 0. The van der Waals surface area contributed by atoms with Crippen LogP contribution in [0, 0.1) is 5.41 Å². The summed E-state index contributed by atoms with van der Waals surface area (Å²) in [5.41, 5.74) is 20.5. The number of carbonyl (C=O) groups excluding carboxylic acids is 3. The number of hydrogen-bond acceptors (Lipinski definition) is 8. The minimum atomic E-state index is -3.61. The number of anilines is 2. The standard InChI is InChI=1S/C22H23N3O4S2.C13H12N2O/c1-22(2,3)13-31(28,29)21-25-17(12-30-21)20(27)24-16-11-7-10-15(18(16)19(23)26)14-8-5-4-6-9-14;14-11-8-4-7-10(12(11)13(15)16)9-5-2-1-3-6-9/h4-12H,13H2,1-3H3,(H2,23,26)(H,24,27);1-8H,14H2,(H2,15,16). The highest BCUT2D eigenvalue weighted by molar-refractivity contribution is 7.93. The maximum atomic E-state index is 12.7. The lowest BCUT2D eigenvalue weighted by atomic mass is 9.97. The molecule has 10 nitrogen and oxygen atoms in total. The molecule has 0 bridgehead atoms. The number of hydrogen-bond donors (Lipinski definition) is 4. The van der Waals surface area contributed by atoms with Crippen molar-refractivity contribution in [2.24, 2.45) is 16.9 Å². The SMILES string of the molecule is CC(C)(C)CS(=O)(=O)c1nc(C(=O)Nc2cccc(-c3ccccc3)c2C(N)=O)cs1.NC(=O)c1c(N)cccc1-c1ccccc1. The number of nitrogens with one attached hydrogen (secondary N) is 1. The topological polar surface area (TPSA) is 188 Å². The van der Waals surface area contributed by atoms with Gasteiger partial charge in [0, 0.05) is 11.1 Å². The highest BCUT2D eigenvalue weighted by Crippen LogP contribution is 2.30. The summed E-state index contributed by atoms with van der Waals surface area (Å²) in [5.74, 6) is -1.90. The second-order valence-corrected chi connectivity index (χ2v) is 14.8. The van der Waals surface area contributed by atoms with Crippen molar-refractivity contribution in [2.45, 2.75) is 25.1 Å². The lowest BCUT2D eigenvalue weighted by molar-refractivity contribution is 0.0992. The maximum absolute atomic E-state index is 12.7. The predicted octanol–water partition coefficient (Wildman–Crippen LogP) is 6.02. The van der Waals surface area contributed by atoms with Crippen LogP contribution in [0.2, 0.25) is 0 Å². The van der Waals surface area contributed by atoms with Gasteiger partial charge in [0.2, 0.25) is 14.2 Å². The quantitative estimate of drug-likeness (QED) is 0.145. The summed E-state index contributed by atoms with van der Waals surface area (Å²) in [6.45, 7) is 5.45. The molecule has 47 heavy (non-hydrogen) atoms. The molecule has 0 saturated carbocycles. The van der Waals surface area contributed by atoms with E-state index in [9.17, 15) is 22.8 Å². The van der Waals surface area contributed by atoms with E-state index in [0.29, 0.717) is 16.8 Å². The van der Waals surface area contributed by atoms with Crippen molar-refractivity contribution < 1.29 is 22.8 Å². The van der Waals surface area contributed by atoms with E-state index in [0.717, 1.165) is 28.0 Å². The average molecular weight is 670 g/mol. The van der Waals surface area contributed by atoms with Crippen LogP contribution in [-0.2, 0) is 9.84 Å². The Hall–Kier alpha value is -5.33. The third-order valence-corrected chi connectivity index (χ3v) is 10.2. The molecular weight excluding hydrogens is 635 g/mol. The Morgan fingerprint density at radius 3 is 1.77 bits per heavy atom. The zero-order chi connectivity index (χ0) is 34.4. The first-order valence-electron chi connectivity index (χ1n) is 14.4. The van der Waals surface area contributed by atoms with Gasteiger partial charge in [-0.15, -0.1) is 11.3 Å². The fraction of sp³-hybridized carbons (Fsp3) is 0.143. The molecule has 0 saturated heterocycles. The van der Waals surface area contributed by atoms with E-state index < -0.39 is 33.0 Å². The smallest absolute Gasteiger partial charge is 0.275 e. The summed E-state index contributed by atoms with van der Waals surface area (Å²) < 4.78 is 25.0. The molecule has 0 aliphatic carbocycles. The highest BCUT2D eigenvalue weighted by atomic mass is 32.2. The van der Waals surface area contributed by atoms with Crippen LogP contribution in [0.15, 0.2) is 107 Å². The van der Waals surface area contributed by atoms with Gasteiger partial charge >= 0.3 is 0 Å². The van der Waals surface area contributed by atoms with Gasteiger partial charge < -0.3 is 22.5 Å². The summed E-state index contributed by atoms with van der Waals surface area (Å²) in [7, 11) is -3.61. The van der Waals surface area contributed by atoms with Crippen molar-refractivity contribution in [3.63, 3.8) is 0 Å². The van der Waals surface area contributed by atoms with Crippen molar-refractivity contribution in [3.8, 4) is 22.3 Å². The molecule has 0 atom stereocenters. The minimum Gasteiger partial charge on any atom is -0.398 e. The number of nitrogen functional groups attached to an aromatic ring is 1. The van der Waals surface area contributed by atoms with Crippen LogP contribution in [0.1, 0.15) is 52.0 Å². The number of aromatic nitrogens is 1. The molecule has 1 heterocycles. The Bertz CT molecular complexity index is 2020. The monoisotopic (exact) mass is 669 g/mol. The fourth-order valence-electron chi connectivity index (χ4n) is 4.81. The number of amides is 3. The van der Waals surface area contributed by atoms with Crippen LogP contribution in [-0.4, -0.2) is 36.9 Å². The molecule has 5 aromatic rings. The number of rotatable bonds is 8. The normalized spacial score (nSPS) is 11.2. The first kappa shape index (κ1) is 34.5. The van der Waals surface area contributed by atoms with E-state index in [2.05, 4.69) is 10.3 Å². The molecule has 0 fully saturated rings. The molecule has 4 aromatic carbocycles. The minimum absolute atomic E-state index is 0.0435. The van der Waals surface area contributed by atoms with Gasteiger partial charge in [-0.25, -0.2) is 13.4 Å². The first-order chi connectivity index (χ1) is 22.2. The Morgan fingerprint density at radius 2 is 1.26 bits per heavy atom. The van der Waals surface area contributed by atoms with E-state index in [1.54, 1.807) is 24.3 Å². The van der Waals surface area contributed by atoms with Gasteiger partial charge in [0.25, 0.3) is 17.7 Å². The van der Waals surface area contributed by atoms with Crippen LogP contribution >= 0.6 is 11.3 Å². The number of nitrogens with two attached hydrogens (primary N) is 3. The Balaban J connectivity index is 0.000000261. The fourth-order valence-corrected chi connectivity index (χ4v) is 7.74. The van der Waals surface area contributed by atoms with Crippen molar-refractivity contribution >= 4 is 50.3 Å². The van der Waals surface area contributed by atoms with E-state index in [1.807, 2.05) is 93.6 Å². The Kier molecular flexibility index (Phi) is 10.6. The third-order valence-electron chi connectivity index (χ3n) is 6.68. The molecule has 242 valence electrons. The predicted molar refractivity (Wildman–Crippen MR) is 187 cm³/mol. The van der Waals surface area contributed by atoms with Gasteiger partial charge in [0.05, 0.1) is 22.6 Å². The molecule has 0 aliphatic rings. The third kappa shape index (κ3) is 8.69. The van der Waals surface area contributed by atoms with Crippen molar-refractivity contribution in [3.05, 3.63) is 119 Å². The van der Waals surface area contributed by atoms with E-state index in [-0.39, 0.29) is 27.0 Å².